The minimum atomic E-state index is -0.810. The molecule has 0 aromatic heterocycles. The predicted molar refractivity (Wildman–Crippen MR) is 97.0 cm³/mol. The molecule has 0 radical (unpaired) electrons. The molecule has 0 unspecified atom stereocenters. The van der Waals surface area contributed by atoms with E-state index in [0.717, 1.165) is 6.42 Å². The molecule has 5 nitrogen and oxygen atoms in total. The molecule has 1 heterocycles. The molecule has 2 aromatic carbocycles. The minimum absolute atomic E-state index is 0.0703. The van der Waals surface area contributed by atoms with E-state index in [4.69, 9.17) is 4.74 Å². The van der Waals surface area contributed by atoms with Crippen molar-refractivity contribution in [2.75, 3.05) is 18.0 Å². The fourth-order valence-electron chi connectivity index (χ4n) is 2.81. The maximum Gasteiger partial charge on any atom is 0.262 e. The zero-order valence-corrected chi connectivity index (χ0v) is 14.8. The van der Waals surface area contributed by atoms with Gasteiger partial charge in [-0.25, -0.2) is 4.39 Å². The van der Waals surface area contributed by atoms with E-state index in [2.05, 4.69) is 5.32 Å². The molecular formula is C20H21FN2O3. The highest BCUT2D eigenvalue weighted by molar-refractivity contribution is 6.07. The number of benzene rings is 2. The number of nitrogens with one attached hydrogen (secondary N) is 1. The Morgan fingerprint density at radius 3 is 2.77 bits per heavy atom. The SMILES string of the molecule is CCCNC(=O)[C@@H]1CN(C(=O)c2ccc(C)c(F)c2)c2ccccc2O1. The van der Waals surface area contributed by atoms with Gasteiger partial charge in [0.2, 0.25) is 0 Å². The van der Waals surface area contributed by atoms with E-state index < -0.39 is 11.9 Å². The zero-order valence-electron chi connectivity index (χ0n) is 14.8. The highest BCUT2D eigenvalue weighted by Crippen LogP contribution is 2.34. The molecule has 2 aromatic rings. The second-order valence-electron chi connectivity index (χ2n) is 6.24. The van der Waals surface area contributed by atoms with E-state index in [1.165, 1.54) is 11.0 Å². The van der Waals surface area contributed by atoms with E-state index in [1.807, 2.05) is 6.92 Å². The Morgan fingerprint density at radius 2 is 2.04 bits per heavy atom. The molecule has 2 amide bonds. The lowest BCUT2D eigenvalue weighted by Crippen LogP contribution is -2.50. The van der Waals surface area contributed by atoms with Crippen LogP contribution in [0.4, 0.5) is 10.1 Å². The van der Waals surface area contributed by atoms with E-state index in [1.54, 1.807) is 43.3 Å². The van der Waals surface area contributed by atoms with Crippen molar-refractivity contribution in [1.82, 2.24) is 5.32 Å². The first-order chi connectivity index (χ1) is 12.5. The number of nitrogens with zero attached hydrogens (tertiary/aromatic N) is 1. The average molecular weight is 356 g/mol. The van der Waals surface area contributed by atoms with Gasteiger partial charge in [-0.15, -0.1) is 0 Å². The lowest BCUT2D eigenvalue weighted by atomic mass is 10.1. The third kappa shape index (κ3) is 3.54. The van der Waals surface area contributed by atoms with Crippen LogP contribution in [0, 0.1) is 12.7 Å². The van der Waals surface area contributed by atoms with Crippen LogP contribution in [0.15, 0.2) is 42.5 Å². The molecule has 1 aliphatic rings. The van der Waals surface area contributed by atoms with Crippen LogP contribution < -0.4 is 15.0 Å². The minimum Gasteiger partial charge on any atom is -0.477 e. The number of hydrogen-bond donors (Lipinski definition) is 1. The Morgan fingerprint density at radius 1 is 1.27 bits per heavy atom. The van der Waals surface area contributed by atoms with Gasteiger partial charge in [0, 0.05) is 12.1 Å². The van der Waals surface area contributed by atoms with E-state index in [9.17, 15) is 14.0 Å². The molecule has 0 fully saturated rings. The molecule has 1 N–H and O–H groups in total. The first kappa shape index (κ1) is 17.9. The van der Waals surface area contributed by atoms with Crippen LogP contribution in [0.5, 0.6) is 5.75 Å². The summed E-state index contributed by atoms with van der Waals surface area (Å²) < 4.78 is 19.7. The van der Waals surface area contributed by atoms with Gasteiger partial charge in [0.05, 0.1) is 12.2 Å². The molecular weight excluding hydrogens is 335 g/mol. The summed E-state index contributed by atoms with van der Waals surface area (Å²) in [7, 11) is 0. The van der Waals surface area contributed by atoms with Crippen molar-refractivity contribution in [2.45, 2.75) is 26.4 Å². The Balaban J connectivity index is 1.92. The van der Waals surface area contributed by atoms with Crippen molar-refractivity contribution in [3.63, 3.8) is 0 Å². The fourth-order valence-corrected chi connectivity index (χ4v) is 2.81. The van der Waals surface area contributed by atoms with Gasteiger partial charge in [0.15, 0.2) is 6.10 Å². The number of ether oxygens (including phenoxy) is 1. The summed E-state index contributed by atoms with van der Waals surface area (Å²) in [4.78, 5) is 26.8. The maximum atomic E-state index is 13.9. The molecule has 26 heavy (non-hydrogen) atoms. The number of hydrogen-bond acceptors (Lipinski definition) is 3. The Bertz CT molecular complexity index is 838. The summed E-state index contributed by atoms with van der Waals surface area (Å²) in [6.45, 7) is 4.21. The summed E-state index contributed by atoms with van der Waals surface area (Å²) in [5, 5.41) is 2.79. The number of aryl methyl sites for hydroxylation is 1. The average Bonchev–Trinajstić information content (AvgIpc) is 2.66. The number of halogens is 1. The van der Waals surface area contributed by atoms with Crippen molar-refractivity contribution >= 4 is 17.5 Å². The van der Waals surface area contributed by atoms with Crippen molar-refractivity contribution in [3.8, 4) is 5.75 Å². The molecule has 1 aliphatic heterocycles. The molecule has 136 valence electrons. The Kier molecular flexibility index (Phi) is 5.21. The van der Waals surface area contributed by atoms with Gasteiger partial charge < -0.3 is 15.0 Å². The Labute approximate surface area is 151 Å². The van der Waals surface area contributed by atoms with Crippen LogP contribution in [-0.4, -0.2) is 31.0 Å². The number of carbonyl (C=O) groups is 2. The summed E-state index contributed by atoms with van der Waals surface area (Å²) in [5.74, 6) is -0.617. The summed E-state index contributed by atoms with van der Waals surface area (Å²) in [5.41, 5.74) is 1.27. The van der Waals surface area contributed by atoms with Gasteiger partial charge in [-0.3, -0.25) is 9.59 Å². The monoisotopic (exact) mass is 356 g/mol. The van der Waals surface area contributed by atoms with Crippen LogP contribution in [0.1, 0.15) is 29.3 Å². The molecule has 0 saturated heterocycles. The largest absolute Gasteiger partial charge is 0.477 e. The fraction of sp³-hybridized carbons (Fsp3) is 0.300. The number of amides is 2. The highest BCUT2D eigenvalue weighted by atomic mass is 19.1. The third-order valence-electron chi connectivity index (χ3n) is 4.28. The maximum absolute atomic E-state index is 13.9. The molecule has 0 aliphatic carbocycles. The number of para-hydroxylation sites is 2. The van der Waals surface area contributed by atoms with Crippen LogP contribution in [0.2, 0.25) is 0 Å². The van der Waals surface area contributed by atoms with Crippen LogP contribution in [0.3, 0.4) is 0 Å². The lowest BCUT2D eigenvalue weighted by Gasteiger charge is -2.34. The van der Waals surface area contributed by atoms with Crippen molar-refractivity contribution in [1.29, 1.82) is 0 Å². The van der Waals surface area contributed by atoms with Gasteiger partial charge >= 0.3 is 0 Å². The zero-order chi connectivity index (χ0) is 18.7. The van der Waals surface area contributed by atoms with Crippen LogP contribution in [0.25, 0.3) is 0 Å². The van der Waals surface area contributed by atoms with Crippen molar-refractivity contribution < 1.29 is 18.7 Å². The smallest absolute Gasteiger partial charge is 0.262 e. The van der Waals surface area contributed by atoms with Crippen molar-refractivity contribution in [2.24, 2.45) is 0 Å². The van der Waals surface area contributed by atoms with Crippen molar-refractivity contribution in [3.05, 3.63) is 59.4 Å². The van der Waals surface area contributed by atoms with Crippen LogP contribution >= 0.6 is 0 Å². The topological polar surface area (TPSA) is 58.6 Å². The van der Waals surface area contributed by atoms with Gasteiger partial charge in [-0.05, 0) is 43.2 Å². The molecule has 0 bridgehead atoms. The van der Waals surface area contributed by atoms with Gasteiger partial charge in [0.25, 0.3) is 11.8 Å². The number of carbonyl (C=O) groups excluding carboxylic acids is 2. The standard InChI is InChI=1S/C20H21FN2O3/c1-3-10-22-19(24)18-12-23(16-6-4-5-7-17(16)26-18)20(25)14-9-8-13(2)15(21)11-14/h4-9,11,18H,3,10,12H2,1-2H3,(H,22,24)/t18-/m0/s1. The summed E-state index contributed by atoms with van der Waals surface area (Å²) in [6.07, 6.45) is -0.00365. The van der Waals surface area contributed by atoms with E-state index >= 15 is 0 Å². The molecule has 0 spiro atoms. The first-order valence-electron chi connectivity index (χ1n) is 8.62. The number of anilines is 1. The van der Waals surface area contributed by atoms with Gasteiger partial charge in [-0.2, -0.15) is 0 Å². The van der Waals surface area contributed by atoms with E-state index in [-0.39, 0.29) is 23.9 Å². The second-order valence-corrected chi connectivity index (χ2v) is 6.24. The van der Waals surface area contributed by atoms with E-state index in [0.29, 0.717) is 23.5 Å². The van der Waals surface area contributed by atoms with Gasteiger partial charge in [0.1, 0.15) is 11.6 Å². The molecule has 3 rings (SSSR count). The highest BCUT2D eigenvalue weighted by Gasteiger charge is 2.34. The number of fused-ring (bicyclic) bond motifs is 1. The third-order valence-corrected chi connectivity index (χ3v) is 4.28. The molecule has 1 atom stereocenters. The lowest BCUT2D eigenvalue weighted by molar-refractivity contribution is -0.127. The predicted octanol–water partition coefficient (Wildman–Crippen LogP) is 3.07. The normalized spacial score (nSPS) is 15.8. The summed E-state index contributed by atoms with van der Waals surface area (Å²) in [6, 6.07) is 11.4. The van der Waals surface area contributed by atoms with Gasteiger partial charge in [-0.1, -0.05) is 25.1 Å². The summed E-state index contributed by atoms with van der Waals surface area (Å²) >= 11 is 0. The van der Waals surface area contributed by atoms with Crippen LogP contribution in [-0.2, 0) is 4.79 Å². The number of rotatable bonds is 4. The Hall–Kier alpha value is -2.89. The quantitative estimate of drug-likeness (QED) is 0.916. The first-order valence-corrected chi connectivity index (χ1v) is 8.62. The molecule has 6 heteroatoms. The molecule has 0 saturated carbocycles. The second kappa shape index (κ2) is 7.56.